The summed E-state index contributed by atoms with van der Waals surface area (Å²) in [6.07, 6.45) is 2.96. The Balaban J connectivity index is 2.12. The number of halogens is 2. The number of nitrogens with zero attached hydrogens (tertiary/aromatic N) is 2. The summed E-state index contributed by atoms with van der Waals surface area (Å²) < 4.78 is 15.1. The molecular formula is C15H19ClFN3. The molecule has 1 N–H and O–H groups in total. The van der Waals surface area contributed by atoms with E-state index < -0.39 is 0 Å². The van der Waals surface area contributed by atoms with Crippen molar-refractivity contribution in [1.29, 1.82) is 0 Å². The molecule has 2 rings (SSSR count). The molecule has 1 aromatic heterocycles. The van der Waals surface area contributed by atoms with Crippen LogP contribution in [0.3, 0.4) is 0 Å². The van der Waals surface area contributed by atoms with Gasteiger partial charge < -0.3 is 5.32 Å². The molecule has 0 aliphatic heterocycles. The second kappa shape index (κ2) is 6.86. The molecule has 108 valence electrons. The first kappa shape index (κ1) is 15.0. The minimum atomic E-state index is -0.279. The fourth-order valence-corrected chi connectivity index (χ4v) is 2.22. The van der Waals surface area contributed by atoms with E-state index in [9.17, 15) is 4.39 Å². The molecule has 5 heteroatoms. The standard InChI is InChI=1S/C15H19ClFN3/c1-3-6-18-8-13-9-19-20(11(13)2)10-12-7-14(17)4-5-15(12)16/h4-5,7,9,18H,3,6,8,10H2,1-2H3. The van der Waals surface area contributed by atoms with E-state index in [0.717, 1.165) is 36.3 Å². The first-order valence-corrected chi connectivity index (χ1v) is 7.15. The van der Waals surface area contributed by atoms with Gasteiger partial charge in [-0.25, -0.2) is 4.39 Å². The fraction of sp³-hybridized carbons (Fsp3) is 0.400. The van der Waals surface area contributed by atoms with Crippen LogP contribution in [0.15, 0.2) is 24.4 Å². The lowest BCUT2D eigenvalue weighted by Crippen LogP contribution is -2.14. The predicted molar refractivity (Wildman–Crippen MR) is 79.5 cm³/mol. The van der Waals surface area contributed by atoms with Crippen LogP contribution in [-0.4, -0.2) is 16.3 Å². The van der Waals surface area contributed by atoms with Gasteiger partial charge in [-0.15, -0.1) is 0 Å². The van der Waals surface area contributed by atoms with E-state index in [0.29, 0.717) is 11.6 Å². The van der Waals surface area contributed by atoms with Crippen molar-refractivity contribution >= 4 is 11.6 Å². The first-order chi connectivity index (χ1) is 9.61. The minimum Gasteiger partial charge on any atom is -0.313 e. The Morgan fingerprint density at radius 1 is 1.35 bits per heavy atom. The topological polar surface area (TPSA) is 29.9 Å². The van der Waals surface area contributed by atoms with Crippen molar-refractivity contribution in [3.8, 4) is 0 Å². The third kappa shape index (κ3) is 3.58. The van der Waals surface area contributed by atoms with Crippen LogP contribution >= 0.6 is 11.6 Å². The molecule has 0 fully saturated rings. The number of benzene rings is 1. The Morgan fingerprint density at radius 2 is 2.15 bits per heavy atom. The fourth-order valence-electron chi connectivity index (χ4n) is 2.04. The zero-order chi connectivity index (χ0) is 14.5. The van der Waals surface area contributed by atoms with E-state index in [1.54, 1.807) is 6.07 Å². The highest BCUT2D eigenvalue weighted by atomic mass is 35.5. The lowest BCUT2D eigenvalue weighted by Gasteiger charge is -2.08. The second-order valence-corrected chi connectivity index (χ2v) is 5.23. The van der Waals surface area contributed by atoms with Gasteiger partial charge in [0.05, 0.1) is 12.7 Å². The molecule has 0 saturated heterocycles. The highest BCUT2D eigenvalue weighted by Gasteiger charge is 2.09. The number of hydrogen-bond donors (Lipinski definition) is 1. The first-order valence-electron chi connectivity index (χ1n) is 6.77. The number of rotatable bonds is 6. The molecule has 1 heterocycles. The molecule has 0 unspecified atom stereocenters. The van der Waals surface area contributed by atoms with Gasteiger partial charge in [0.2, 0.25) is 0 Å². The van der Waals surface area contributed by atoms with Crippen LogP contribution in [0, 0.1) is 12.7 Å². The van der Waals surface area contributed by atoms with Crippen LogP contribution in [-0.2, 0) is 13.1 Å². The van der Waals surface area contributed by atoms with Crippen LogP contribution in [0.25, 0.3) is 0 Å². The average molecular weight is 296 g/mol. The normalized spacial score (nSPS) is 11.0. The van der Waals surface area contributed by atoms with Crippen molar-refractivity contribution in [3.63, 3.8) is 0 Å². The molecule has 0 saturated carbocycles. The van der Waals surface area contributed by atoms with Crippen molar-refractivity contribution in [2.75, 3.05) is 6.54 Å². The summed E-state index contributed by atoms with van der Waals surface area (Å²) in [5.74, 6) is -0.279. The molecule has 20 heavy (non-hydrogen) atoms. The number of hydrogen-bond acceptors (Lipinski definition) is 2. The summed E-state index contributed by atoms with van der Waals surface area (Å²) in [6, 6.07) is 4.40. The van der Waals surface area contributed by atoms with Gasteiger partial charge in [-0.3, -0.25) is 4.68 Å². The quantitative estimate of drug-likeness (QED) is 0.826. The summed E-state index contributed by atoms with van der Waals surface area (Å²) >= 11 is 6.09. The molecule has 0 atom stereocenters. The van der Waals surface area contributed by atoms with Crippen LogP contribution in [0.4, 0.5) is 4.39 Å². The van der Waals surface area contributed by atoms with Crippen molar-refractivity contribution < 1.29 is 4.39 Å². The van der Waals surface area contributed by atoms with Gasteiger partial charge in [0.25, 0.3) is 0 Å². The lowest BCUT2D eigenvalue weighted by molar-refractivity contribution is 0.615. The van der Waals surface area contributed by atoms with Crippen LogP contribution in [0.5, 0.6) is 0 Å². The molecule has 0 aliphatic rings. The lowest BCUT2D eigenvalue weighted by atomic mass is 10.2. The van der Waals surface area contributed by atoms with Gasteiger partial charge in [-0.05, 0) is 43.7 Å². The zero-order valence-corrected chi connectivity index (χ0v) is 12.5. The van der Waals surface area contributed by atoms with E-state index in [1.807, 2.05) is 17.8 Å². The van der Waals surface area contributed by atoms with Crippen LogP contribution in [0.2, 0.25) is 5.02 Å². The Morgan fingerprint density at radius 3 is 2.90 bits per heavy atom. The molecule has 0 spiro atoms. The number of nitrogens with one attached hydrogen (secondary N) is 1. The van der Waals surface area contributed by atoms with Crippen molar-refractivity contribution in [2.45, 2.75) is 33.4 Å². The highest BCUT2D eigenvalue weighted by molar-refractivity contribution is 6.31. The van der Waals surface area contributed by atoms with Crippen LogP contribution < -0.4 is 5.32 Å². The van der Waals surface area contributed by atoms with Crippen molar-refractivity contribution in [3.05, 3.63) is 52.1 Å². The molecule has 1 aromatic carbocycles. The van der Waals surface area contributed by atoms with E-state index >= 15 is 0 Å². The Kier molecular flexibility index (Phi) is 5.15. The van der Waals surface area contributed by atoms with Gasteiger partial charge in [0.15, 0.2) is 0 Å². The smallest absolute Gasteiger partial charge is 0.123 e. The third-order valence-electron chi connectivity index (χ3n) is 3.27. The maximum absolute atomic E-state index is 13.3. The van der Waals surface area contributed by atoms with E-state index in [4.69, 9.17) is 11.6 Å². The zero-order valence-electron chi connectivity index (χ0n) is 11.8. The second-order valence-electron chi connectivity index (χ2n) is 4.83. The molecule has 2 aromatic rings. The molecular weight excluding hydrogens is 277 g/mol. The van der Waals surface area contributed by atoms with Crippen LogP contribution in [0.1, 0.15) is 30.2 Å². The van der Waals surface area contributed by atoms with Crippen molar-refractivity contribution in [1.82, 2.24) is 15.1 Å². The van der Waals surface area contributed by atoms with Gasteiger partial charge in [0, 0.05) is 22.8 Å². The Bertz CT molecular complexity index is 580. The monoisotopic (exact) mass is 295 g/mol. The summed E-state index contributed by atoms with van der Waals surface area (Å²) in [6.45, 7) is 6.42. The van der Waals surface area contributed by atoms with Gasteiger partial charge in [0.1, 0.15) is 5.82 Å². The third-order valence-corrected chi connectivity index (χ3v) is 3.64. The van der Waals surface area contributed by atoms with Crippen molar-refractivity contribution in [2.24, 2.45) is 0 Å². The Labute approximate surface area is 123 Å². The molecule has 0 bridgehead atoms. The number of aromatic nitrogens is 2. The SMILES string of the molecule is CCCNCc1cnn(Cc2cc(F)ccc2Cl)c1C. The average Bonchev–Trinajstić information content (AvgIpc) is 2.76. The van der Waals surface area contributed by atoms with E-state index in [-0.39, 0.29) is 5.82 Å². The predicted octanol–water partition coefficient (Wildman–Crippen LogP) is 3.53. The summed E-state index contributed by atoms with van der Waals surface area (Å²) in [7, 11) is 0. The molecule has 3 nitrogen and oxygen atoms in total. The summed E-state index contributed by atoms with van der Waals surface area (Å²) in [5, 5.41) is 8.27. The van der Waals surface area contributed by atoms with E-state index in [2.05, 4.69) is 17.3 Å². The Hall–Kier alpha value is -1.39. The summed E-state index contributed by atoms with van der Waals surface area (Å²) in [4.78, 5) is 0. The van der Waals surface area contributed by atoms with E-state index in [1.165, 1.54) is 12.1 Å². The molecule has 0 radical (unpaired) electrons. The largest absolute Gasteiger partial charge is 0.313 e. The van der Waals surface area contributed by atoms with Gasteiger partial charge in [-0.2, -0.15) is 5.10 Å². The maximum Gasteiger partial charge on any atom is 0.123 e. The highest BCUT2D eigenvalue weighted by Crippen LogP contribution is 2.19. The maximum atomic E-state index is 13.3. The minimum absolute atomic E-state index is 0.279. The summed E-state index contributed by atoms with van der Waals surface area (Å²) in [5.41, 5.74) is 2.98. The molecule has 0 amide bonds. The van der Waals surface area contributed by atoms with Gasteiger partial charge >= 0.3 is 0 Å². The molecule has 0 aliphatic carbocycles. The van der Waals surface area contributed by atoms with Gasteiger partial charge in [-0.1, -0.05) is 18.5 Å².